The van der Waals surface area contributed by atoms with Crippen molar-refractivity contribution in [2.45, 2.75) is 81.9 Å². The Balaban J connectivity index is 1.47. The minimum Gasteiger partial charge on any atom is -0.493 e. The van der Waals surface area contributed by atoms with Crippen molar-refractivity contribution in [3.63, 3.8) is 0 Å². The quantitative estimate of drug-likeness (QED) is 0.0642. The first-order valence-corrected chi connectivity index (χ1v) is 15.1. The highest BCUT2D eigenvalue weighted by Gasteiger charge is 2.72. The van der Waals surface area contributed by atoms with Crippen molar-refractivity contribution in [1.29, 1.82) is 0 Å². The number of methoxy groups -OCH3 is 3. The number of ether oxygens (including phenoxy) is 7. The Hall–Kier alpha value is -1.85. The molecule has 216 valence electrons. The zero-order chi connectivity index (χ0) is 28.4. The third-order valence-corrected chi connectivity index (χ3v) is 9.12. The molecule has 0 amide bonds. The summed E-state index contributed by atoms with van der Waals surface area (Å²) in [4.78, 5) is 13.0. The molecule has 0 bridgehead atoms. The van der Waals surface area contributed by atoms with Gasteiger partial charge in [0.25, 0.3) is 0 Å². The summed E-state index contributed by atoms with van der Waals surface area (Å²) in [6.07, 6.45) is 6.95. The summed E-state index contributed by atoms with van der Waals surface area (Å²) in [6.45, 7) is 8.86. The first-order valence-electron chi connectivity index (χ1n) is 13.2. The van der Waals surface area contributed by atoms with Gasteiger partial charge in [0, 0.05) is 13.2 Å². The molecule has 2 heterocycles. The van der Waals surface area contributed by atoms with Crippen LogP contribution in [0.25, 0.3) is 6.08 Å². The van der Waals surface area contributed by atoms with Crippen LogP contribution in [-0.2, 0) is 23.7 Å². The average molecular weight is 581 g/mol. The van der Waals surface area contributed by atoms with Crippen LogP contribution < -0.4 is 14.2 Å². The largest absolute Gasteiger partial charge is 0.493 e. The van der Waals surface area contributed by atoms with Gasteiger partial charge in [0.1, 0.15) is 23.4 Å². The smallest absolute Gasteiger partial charge is 0.331 e. The molecule has 1 aromatic rings. The van der Waals surface area contributed by atoms with Crippen molar-refractivity contribution < 1.29 is 38.0 Å². The van der Waals surface area contributed by atoms with Crippen LogP contribution in [0.3, 0.4) is 0 Å². The van der Waals surface area contributed by atoms with Gasteiger partial charge in [-0.15, -0.1) is 11.7 Å². The molecule has 1 aliphatic carbocycles. The number of carbonyl (C=O) groups is 1. The molecule has 10 heteroatoms. The average Bonchev–Trinajstić information content (AvgIpc) is 3.84. The van der Waals surface area contributed by atoms with Gasteiger partial charge in [0.05, 0.1) is 32.8 Å². The summed E-state index contributed by atoms with van der Waals surface area (Å²) in [5.41, 5.74) is 1.10. The topological polar surface area (TPSA) is 88.3 Å². The van der Waals surface area contributed by atoms with E-state index in [1.54, 1.807) is 39.5 Å². The Morgan fingerprint density at radius 3 is 2.44 bits per heavy atom. The van der Waals surface area contributed by atoms with Gasteiger partial charge in [-0.25, -0.2) is 4.79 Å². The maximum Gasteiger partial charge on any atom is 0.331 e. The molecule has 3 aliphatic rings. The monoisotopic (exact) mass is 580 g/mol. The van der Waals surface area contributed by atoms with E-state index >= 15 is 0 Å². The SMILES string of the molecule is COc1cc(/C=C/C(=O)OC2CC[C@]3(CO3)[C@@H](C3(C)OC3CC=C(C)C)[C@@H]2OC)cc(OC)c1OC(C)SS. The van der Waals surface area contributed by atoms with Crippen molar-refractivity contribution in [2.75, 3.05) is 27.9 Å². The predicted octanol–water partition coefficient (Wildman–Crippen LogP) is 5.64. The van der Waals surface area contributed by atoms with Gasteiger partial charge in [-0.05, 0) is 70.7 Å². The van der Waals surface area contributed by atoms with Crippen LogP contribution in [0.4, 0.5) is 0 Å². The third kappa shape index (κ3) is 6.56. The maximum absolute atomic E-state index is 13.0. The Morgan fingerprint density at radius 1 is 1.23 bits per heavy atom. The summed E-state index contributed by atoms with van der Waals surface area (Å²) < 4.78 is 41.1. The number of thiol groups is 1. The lowest BCUT2D eigenvalue weighted by Crippen LogP contribution is -2.55. The zero-order valence-electron chi connectivity index (χ0n) is 23.7. The van der Waals surface area contributed by atoms with Gasteiger partial charge in [-0.3, -0.25) is 0 Å². The van der Waals surface area contributed by atoms with Crippen LogP contribution in [0.15, 0.2) is 29.9 Å². The predicted molar refractivity (Wildman–Crippen MR) is 155 cm³/mol. The van der Waals surface area contributed by atoms with E-state index in [-0.39, 0.29) is 34.8 Å². The number of hydrogen-bond donors (Lipinski definition) is 1. The van der Waals surface area contributed by atoms with E-state index in [4.69, 9.17) is 33.2 Å². The third-order valence-electron chi connectivity index (χ3n) is 7.83. The van der Waals surface area contributed by atoms with E-state index in [1.165, 1.54) is 22.4 Å². The normalized spacial score (nSPS) is 32.0. The molecule has 8 nitrogen and oxygen atoms in total. The highest BCUT2D eigenvalue weighted by molar-refractivity contribution is 8.68. The molecule has 2 saturated heterocycles. The van der Waals surface area contributed by atoms with E-state index in [0.717, 1.165) is 12.8 Å². The van der Waals surface area contributed by atoms with E-state index in [1.807, 2.05) is 6.92 Å². The molecule has 1 aromatic carbocycles. The Labute approximate surface area is 240 Å². The maximum atomic E-state index is 13.0. The number of benzene rings is 1. The Bertz CT molecular complexity index is 1070. The molecule has 3 fully saturated rings. The fraction of sp³-hybridized carbons (Fsp3) is 0.621. The first-order chi connectivity index (χ1) is 18.6. The fourth-order valence-electron chi connectivity index (χ4n) is 5.72. The van der Waals surface area contributed by atoms with Crippen LogP contribution in [0.1, 0.15) is 52.5 Å². The summed E-state index contributed by atoms with van der Waals surface area (Å²) in [7, 11) is 6.04. The number of epoxide rings is 2. The van der Waals surface area contributed by atoms with Gasteiger partial charge >= 0.3 is 5.97 Å². The number of carbonyl (C=O) groups excluding carboxylic acids is 1. The number of hydrogen-bond acceptors (Lipinski definition) is 10. The minimum atomic E-state index is -0.449. The van der Waals surface area contributed by atoms with Crippen molar-refractivity contribution in [3.8, 4) is 17.2 Å². The number of rotatable bonds is 12. The standard InChI is InChI=1S/C29H40O8S2/c1-17(2)8-10-23-28(4,37-23)27-26(33-7)20(12-13-29(27)16-34-29)36-24(30)11-9-19-14-21(31-5)25(22(15-19)32-6)35-18(3)39-38/h8-9,11,14-15,18,20,23,26-27,38H,10,12-13,16H2,1-7H3/b11-9+/t18?,20?,23?,26-,27-,28?,29+/m1/s1. The van der Waals surface area contributed by atoms with E-state index in [0.29, 0.717) is 35.8 Å². The van der Waals surface area contributed by atoms with E-state index in [2.05, 4.69) is 38.5 Å². The van der Waals surface area contributed by atoms with Gasteiger partial charge in [0.2, 0.25) is 5.75 Å². The first kappa shape index (κ1) is 30.1. The van der Waals surface area contributed by atoms with Gasteiger partial charge in [-0.1, -0.05) is 22.4 Å². The van der Waals surface area contributed by atoms with Crippen LogP contribution in [0.2, 0.25) is 0 Å². The molecule has 4 rings (SSSR count). The molecular weight excluding hydrogens is 540 g/mol. The zero-order valence-corrected chi connectivity index (χ0v) is 25.4. The van der Waals surface area contributed by atoms with Crippen LogP contribution in [0, 0.1) is 5.92 Å². The Morgan fingerprint density at radius 2 is 1.90 bits per heavy atom. The molecule has 1 spiro atoms. The second-order valence-corrected chi connectivity index (χ2v) is 12.2. The number of esters is 1. The van der Waals surface area contributed by atoms with Gasteiger partial charge in [-0.2, -0.15) is 0 Å². The van der Waals surface area contributed by atoms with Crippen LogP contribution in [0.5, 0.6) is 17.2 Å². The summed E-state index contributed by atoms with van der Waals surface area (Å²) in [6, 6.07) is 3.55. The van der Waals surface area contributed by atoms with Crippen molar-refractivity contribution in [3.05, 3.63) is 35.4 Å². The minimum absolute atomic E-state index is 0.0278. The molecule has 4 unspecified atom stereocenters. The molecule has 2 aliphatic heterocycles. The lowest BCUT2D eigenvalue weighted by molar-refractivity contribution is -0.166. The molecule has 0 radical (unpaired) electrons. The summed E-state index contributed by atoms with van der Waals surface area (Å²) in [5, 5.41) is 0. The highest BCUT2D eigenvalue weighted by Crippen LogP contribution is 2.59. The Kier molecular flexibility index (Phi) is 9.53. The van der Waals surface area contributed by atoms with Crippen molar-refractivity contribution >= 4 is 34.5 Å². The van der Waals surface area contributed by atoms with E-state index < -0.39 is 12.1 Å². The van der Waals surface area contributed by atoms with Crippen molar-refractivity contribution in [2.24, 2.45) is 5.92 Å². The lowest BCUT2D eigenvalue weighted by atomic mass is 9.68. The number of allylic oxidation sites excluding steroid dienone is 1. The van der Waals surface area contributed by atoms with Crippen LogP contribution in [-0.4, -0.2) is 68.9 Å². The highest BCUT2D eigenvalue weighted by atomic mass is 33.1. The fourth-order valence-corrected chi connectivity index (χ4v) is 5.99. The summed E-state index contributed by atoms with van der Waals surface area (Å²) >= 11 is 4.20. The molecule has 1 saturated carbocycles. The van der Waals surface area contributed by atoms with Crippen molar-refractivity contribution in [1.82, 2.24) is 0 Å². The molecular formula is C29H40O8S2. The molecule has 0 aromatic heterocycles. The van der Waals surface area contributed by atoms with E-state index in [9.17, 15) is 4.79 Å². The van der Waals surface area contributed by atoms with Crippen LogP contribution >= 0.6 is 22.5 Å². The van der Waals surface area contributed by atoms with Gasteiger partial charge in [0.15, 0.2) is 16.9 Å². The van der Waals surface area contributed by atoms with Gasteiger partial charge < -0.3 is 33.2 Å². The molecule has 7 atom stereocenters. The molecule has 39 heavy (non-hydrogen) atoms. The lowest BCUT2D eigenvalue weighted by Gasteiger charge is -2.42. The summed E-state index contributed by atoms with van der Waals surface area (Å²) in [5.74, 6) is 0.970. The molecule has 0 N–H and O–H groups in total. The second kappa shape index (κ2) is 12.3. The second-order valence-electron chi connectivity index (χ2n) is 10.7.